The molecule has 0 bridgehead atoms. The van der Waals surface area contributed by atoms with Gasteiger partial charge in [0.25, 0.3) is 0 Å². The van der Waals surface area contributed by atoms with E-state index >= 15 is 0 Å². The average molecular weight is 1380 g/mol. The third-order valence-electron chi connectivity index (χ3n) is 17.1. The maximum Gasteiger partial charge on any atom is 0.504 e. The van der Waals surface area contributed by atoms with E-state index in [0.29, 0.717) is 115 Å². The van der Waals surface area contributed by atoms with E-state index in [1.807, 2.05) is 41.2 Å². The minimum absolute atomic E-state index is 0.0642. The van der Waals surface area contributed by atoms with E-state index in [1.54, 1.807) is 0 Å². The van der Waals surface area contributed by atoms with Crippen molar-refractivity contribution in [1.82, 2.24) is 0 Å². The van der Waals surface area contributed by atoms with Crippen molar-refractivity contribution in [1.29, 1.82) is 0 Å². The van der Waals surface area contributed by atoms with Gasteiger partial charge in [-0.1, -0.05) is 62.1 Å². The lowest BCUT2D eigenvalue weighted by Gasteiger charge is -2.48. The molecule has 2 rings (SSSR count). The van der Waals surface area contributed by atoms with Gasteiger partial charge in [-0.2, -0.15) is 50.5 Å². The molecule has 0 radical (unpaired) electrons. The molecule has 14 unspecified atom stereocenters. The van der Waals surface area contributed by atoms with Crippen molar-refractivity contribution in [2.75, 3.05) is 90.8 Å². The average Bonchev–Trinajstić information content (AvgIpc) is 3.32. The summed E-state index contributed by atoms with van der Waals surface area (Å²) in [6.07, 6.45) is 14.5. The molecule has 0 aliphatic heterocycles. The number of thiol groups is 4. The van der Waals surface area contributed by atoms with E-state index in [2.05, 4.69) is 111 Å². The summed E-state index contributed by atoms with van der Waals surface area (Å²) in [5.74, 6) is 4.33. The molecule has 2 aliphatic rings. The van der Waals surface area contributed by atoms with Crippen LogP contribution in [0.25, 0.3) is 0 Å². The van der Waals surface area contributed by atoms with Gasteiger partial charge in [-0.25, -0.2) is 0 Å². The van der Waals surface area contributed by atoms with Crippen molar-refractivity contribution >= 4 is 127 Å². The fourth-order valence-electron chi connectivity index (χ4n) is 13.6. The molecule has 0 spiro atoms. The first-order valence-corrected chi connectivity index (χ1v) is 46.9. The molecule has 0 aromatic rings. The summed E-state index contributed by atoms with van der Waals surface area (Å²) in [6.45, 7) is 40.6. The van der Waals surface area contributed by atoms with Gasteiger partial charge in [0.2, 0.25) is 0 Å². The highest BCUT2D eigenvalue weighted by Gasteiger charge is 2.60. The highest BCUT2D eigenvalue weighted by molar-refractivity contribution is 9.26. The summed E-state index contributed by atoms with van der Waals surface area (Å²) in [6, 6.07) is 0. The molecule has 0 amide bonds. The van der Waals surface area contributed by atoms with Crippen LogP contribution >= 0.6 is 91.8 Å². The van der Waals surface area contributed by atoms with Gasteiger partial charge in [0, 0.05) is 134 Å². The van der Waals surface area contributed by atoms with Crippen molar-refractivity contribution in [3.63, 3.8) is 0 Å². The summed E-state index contributed by atoms with van der Waals surface area (Å²) < 4.78 is 81.0. The maximum absolute atomic E-state index is 6.90. The Morgan fingerprint density at radius 1 is 0.366 bits per heavy atom. The smallest absolute Gasteiger partial charge is 0.374 e. The fourth-order valence-corrected chi connectivity index (χ4v) is 35.2. The second-order valence-corrected chi connectivity index (χ2v) is 42.6. The Labute approximate surface area is 545 Å². The Morgan fingerprint density at radius 3 is 0.866 bits per heavy atom. The van der Waals surface area contributed by atoms with Crippen LogP contribution in [0.15, 0.2) is 0 Å². The van der Waals surface area contributed by atoms with E-state index in [9.17, 15) is 0 Å². The molecular weight excluding hydrogens is 1260 g/mol. The third kappa shape index (κ3) is 24.9. The van der Waals surface area contributed by atoms with Crippen LogP contribution in [0.5, 0.6) is 0 Å². The predicted octanol–water partition coefficient (Wildman–Crippen LogP) is 17.8. The van der Waals surface area contributed by atoms with Gasteiger partial charge in [0.05, 0.1) is 0 Å². The van der Waals surface area contributed by atoms with E-state index in [-0.39, 0.29) is 43.2 Å². The van der Waals surface area contributed by atoms with Gasteiger partial charge >= 0.3 is 35.2 Å². The first kappa shape index (κ1) is 81.3. The van der Waals surface area contributed by atoms with Crippen LogP contribution in [0, 0.1) is 35.5 Å². The van der Waals surface area contributed by atoms with Gasteiger partial charge < -0.3 is 53.1 Å². The van der Waals surface area contributed by atoms with Crippen LogP contribution in [-0.2, 0) is 53.1 Å². The number of rotatable bonds is 51. The largest absolute Gasteiger partial charge is 0.504 e. The molecule has 14 atom stereocenters. The molecule has 0 heterocycles. The van der Waals surface area contributed by atoms with Crippen molar-refractivity contribution in [3.8, 4) is 0 Å². The lowest BCUT2D eigenvalue weighted by Crippen LogP contribution is -2.56. The molecular formula is C58H122O12S8Si4. The van der Waals surface area contributed by atoms with Crippen LogP contribution in [0.3, 0.4) is 0 Å². The lowest BCUT2D eigenvalue weighted by molar-refractivity contribution is 0.0263. The zero-order valence-electron chi connectivity index (χ0n) is 54.2. The molecule has 0 N–H and O–H groups in total. The molecule has 2 fully saturated rings. The van der Waals surface area contributed by atoms with Gasteiger partial charge in [0.1, 0.15) is 0 Å². The Balaban J connectivity index is 2.52. The van der Waals surface area contributed by atoms with Crippen molar-refractivity contribution < 1.29 is 53.1 Å². The minimum atomic E-state index is -3.23. The van der Waals surface area contributed by atoms with E-state index in [0.717, 1.165) is 101 Å². The van der Waals surface area contributed by atoms with Crippen LogP contribution in [-0.4, -0.2) is 147 Å². The van der Waals surface area contributed by atoms with Gasteiger partial charge in [-0.05, 0) is 215 Å². The second kappa shape index (κ2) is 45.5. The quantitative estimate of drug-likeness (QED) is 0.0201. The Kier molecular flexibility index (Phi) is 45.1. The monoisotopic (exact) mass is 1380 g/mol. The van der Waals surface area contributed by atoms with E-state index in [4.69, 9.17) is 104 Å². The number of hydrogen-bond donors (Lipinski definition) is 4. The van der Waals surface area contributed by atoms with Crippen molar-refractivity contribution in [3.05, 3.63) is 0 Å². The van der Waals surface area contributed by atoms with E-state index < -0.39 is 35.2 Å². The summed E-state index contributed by atoms with van der Waals surface area (Å²) in [7, 11) is -4.60. The maximum atomic E-state index is 6.90. The molecule has 490 valence electrons. The lowest BCUT2D eigenvalue weighted by atomic mass is 9.70. The fraction of sp³-hybridized carbons (Fsp3) is 1.00. The van der Waals surface area contributed by atoms with Crippen LogP contribution in [0.2, 0.25) is 22.2 Å². The zero-order chi connectivity index (χ0) is 61.2. The van der Waals surface area contributed by atoms with Crippen molar-refractivity contribution in [2.45, 2.75) is 244 Å². The molecule has 2 aliphatic carbocycles. The molecule has 82 heavy (non-hydrogen) atoms. The highest BCUT2D eigenvalue weighted by Crippen LogP contribution is 2.57. The van der Waals surface area contributed by atoms with Gasteiger partial charge in [-0.15, -0.1) is 0 Å². The molecule has 2 saturated carbocycles. The standard InChI is InChI=1S/C58H122O12S8Si4/c1-17-31-53(71)55(73)43-57(81(65-25-9,66-26-10)67-27-11)51-41-49(45(15)79(59-19-3,60-20-4)61-21-5)35-33-47(51)37-39-75-77-78-76-40-38-48-34-36-50(46(16)80(62-22-6,63-23-7)64-24-8)42-52(48)58(44-56(74)54(72)32-18-2)82(68-28-12,69-29-13)70-30-14/h45-58,71-74H,17-44H2,1-16H3. The Hall–Kier alpha value is 3.19. The molecule has 0 aromatic heterocycles. The predicted molar refractivity (Wildman–Crippen MR) is 377 cm³/mol. The van der Waals surface area contributed by atoms with E-state index in [1.165, 1.54) is 0 Å². The molecule has 0 aromatic carbocycles. The van der Waals surface area contributed by atoms with Crippen LogP contribution in [0.4, 0.5) is 0 Å². The zero-order valence-corrected chi connectivity index (χ0v) is 65.0. The molecule has 0 saturated heterocycles. The van der Waals surface area contributed by atoms with Gasteiger partial charge in [-0.3, -0.25) is 0 Å². The van der Waals surface area contributed by atoms with Crippen LogP contribution < -0.4 is 0 Å². The summed E-state index contributed by atoms with van der Waals surface area (Å²) in [4.78, 5) is 0. The highest BCUT2D eigenvalue weighted by atomic mass is 33.7. The third-order valence-corrected chi connectivity index (χ3v) is 41.1. The van der Waals surface area contributed by atoms with Crippen molar-refractivity contribution in [2.24, 2.45) is 35.5 Å². The Bertz CT molecular complexity index is 1410. The Morgan fingerprint density at radius 2 is 0.622 bits per heavy atom. The molecule has 12 nitrogen and oxygen atoms in total. The summed E-state index contributed by atoms with van der Waals surface area (Å²) >= 11 is 21.0. The summed E-state index contributed by atoms with van der Waals surface area (Å²) in [5, 5.41) is 0.455. The van der Waals surface area contributed by atoms with Gasteiger partial charge in [0.15, 0.2) is 0 Å². The SMILES string of the molecule is CCCC(S)C(S)CC(C1CC(C(C)[Si](OCC)(OCC)OCC)CCC1CCSSSSCCC1CCC(C(C)[Si](OCC)(OCC)OCC)CC1C(CC(S)C(S)CCC)[Si](OCC)(OCC)OCC)[Si](OCC)(OCC)OCC. The minimum Gasteiger partial charge on any atom is -0.374 e. The number of hydrogen-bond acceptors (Lipinski definition) is 20. The second-order valence-electron chi connectivity index (χ2n) is 22.1. The first-order valence-electron chi connectivity index (χ1n) is 32.4. The summed E-state index contributed by atoms with van der Waals surface area (Å²) in [5.41, 5.74) is 0.403. The van der Waals surface area contributed by atoms with Crippen LogP contribution in [0.1, 0.15) is 201 Å². The normalized spacial score (nSPS) is 23.6. The molecule has 24 heteroatoms. The first-order chi connectivity index (χ1) is 39.5. The topological polar surface area (TPSA) is 111 Å².